The number of carbonyl (C=O) groups is 1. The maximum Gasteiger partial charge on any atom is 0.270 e. The summed E-state index contributed by atoms with van der Waals surface area (Å²) in [4.78, 5) is 24.2. The van der Waals surface area contributed by atoms with Crippen LogP contribution in [0.15, 0.2) is 18.2 Å². The molecule has 6 nitrogen and oxygen atoms in total. The Kier molecular flexibility index (Phi) is 4.92. The van der Waals surface area contributed by atoms with Gasteiger partial charge >= 0.3 is 0 Å². The predicted octanol–water partition coefficient (Wildman–Crippen LogP) is 1.85. The summed E-state index contributed by atoms with van der Waals surface area (Å²) in [6.07, 6.45) is 0.703. The Bertz CT molecular complexity index is 521. The highest BCUT2D eigenvalue weighted by Crippen LogP contribution is 2.23. The molecule has 0 saturated heterocycles. The summed E-state index contributed by atoms with van der Waals surface area (Å²) in [7, 11) is 0. The third kappa shape index (κ3) is 3.26. The number of nitrogens with zero attached hydrogens (tertiary/aromatic N) is 2. The number of nitro groups is 1. The molecule has 0 aromatic heterocycles. The molecule has 108 valence electrons. The summed E-state index contributed by atoms with van der Waals surface area (Å²) in [6, 6.07) is 4.45. The van der Waals surface area contributed by atoms with Crippen LogP contribution in [0.2, 0.25) is 0 Å². The molecular formula is C13H15ClN2O4. The molecule has 0 fully saturated rings. The van der Waals surface area contributed by atoms with Crippen molar-refractivity contribution in [3.63, 3.8) is 0 Å². The third-order valence-corrected chi connectivity index (χ3v) is 3.35. The fraction of sp³-hybridized carbons (Fsp3) is 0.462. The Morgan fingerprint density at radius 2 is 2.20 bits per heavy atom. The van der Waals surface area contributed by atoms with Gasteiger partial charge in [0.15, 0.2) is 0 Å². The monoisotopic (exact) mass is 298 g/mol. The molecule has 1 aliphatic heterocycles. The average molecular weight is 299 g/mol. The van der Waals surface area contributed by atoms with E-state index in [4.69, 9.17) is 16.3 Å². The van der Waals surface area contributed by atoms with Gasteiger partial charge in [0.05, 0.1) is 18.1 Å². The first-order valence-corrected chi connectivity index (χ1v) is 6.87. The van der Waals surface area contributed by atoms with Crippen LogP contribution in [0.5, 0.6) is 0 Å². The standard InChI is InChI=1S/C13H15ClN2O4/c14-4-7-20-8-6-15-5-3-10-1-2-11(16(18)19)9-12(10)13(15)17/h1-2,9H,3-8H2. The van der Waals surface area contributed by atoms with Crippen molar-refractivity contribution in [3.05, 3.63) is 39.4 Å². The molecule has 20 heavy (non-hydrogen) atoms. The van der Waals surface area contributed by atoms with Crippen LogP contribution in [0.4, 0.5) is 5.69 Å². The number of fused-ring (bicyclic) bond motifs is 1. The molecule has 1 amide bonds. The lowest BCUT2D eigenvalue weighted by molar-refractivity contribution is -0.384. The minimum atomic E-state index is -0.490. The van der Waals surface area contributed by atoms with E-state index < -0.39 is 4.92 Å². The molecule has 0 radical (unpaired) electrons. The average Bonchev–Trinajstić information content (AvgIpc) is 2.45. The molecule has 1 aromatic rings. The molecule has 7 heteroatoms. The van der Waals surface area contributed by atoms with Crippen LogP contribution in [0.1, 0.15) is 15.9 Å². The van der Waals surface area contributed by atoms with Gasteiger partial charge in [0.1, 0.15) is 0 Å². The molecule has 1 aliphatic rings. The third-order valence-electron chi connectivity index (χ3n) is 3.20. The molecule has 0 bridgehead atoms. The number of benzene rings is 1. The first-order valence-electron chi connectivity index (χ1n) is 6.34. The first-order chi connectivity index (χ1) is 9.63. The van der Waals surface area contributed by atoms with Crippen molar-refractivity contribution in [1.82, 2.24) is 4.90 Å². The number of rotatable bonds is 6. The van der Waals surface area contributed by atoms with Crippen LogP contribution in [-0.2, 0) is 11.2 Å². The van der Waals surface area contributed by atoms with Gasteiger partial charge in [-0.05, 0) is 12.0 Å². The smallest absolute Gasteiger partial charge is 0.270 e. The van der Waals surface area contributed by atoms with Crippen molar-refractivity contribution in [2.24, 2.45) is 0 Å². The van der Waals surface area contributed by atoms with Gasteiger partial charge in [-0.25, -0.2) is 0 Å². The molecule has 0 atom stereocenters. The lowest BCUT2D eigenvalue weighted by atomic mass is 9.98. The van der Waals surface area contributed by atoms with E-state index in [-0.39, 0.29) is 11.6 Å². The fourth-order valence-corrected chi connectivity index (χ4v) is 2.28. The number of hydrogen-bond acceptors (Lipinski definition) is 4. The highest BCUT2D eigenvalue weighted by Gasteiger charge is 2.25. The number of hydrogen-bond donors (Lipinski definition) is 0. The lowest BCUT2D eigenvalue weighted by Gasteiger charge is -2.28. The zero-order chi connectivity index (χ0) is 14.5. The predicted molar refractivity (Wildman–Crippen MR) is 74.2 cm³/mol. The number of amides is 1. The van der Waals surface area contributed by atoms with Crippen molar-refractivity contribution >= 4 is 23.2 Å². The van der Waals surface area contributed by atoms with Crippen molar-refractivity contribution in [2.75, 3.05) is 32.2 Å². The van der Waals surface area contributed by atoms with Gasteiger partial charge in [0, 0.05) is 36.7 Å². The maximum atomic E-state index is 12.3. The fourth-order valence-electron chi connectivity index (χ4n) is 2.17. The summed E-state index contributed by atoms with van der Waals surface area (Å²) in [5, 5.41) is 10.8. The van der Waals surface area contributed by atoms with Crippen LogP contribution in [0.25, 0.3) is 0 Å². The van der Waals surface area contributed by atoms with Crippen molar-refractivity contribution in [2.45, 2.75) is 6.42 Å². The number of alkyl halides is 1. The topological polar surface area (TPSA) is 72.7 Å². The summed E-state index contributed by atoms with van der Waals surface area (Å²) in [5.41, 5.74) is 1.22. The normalized spacial score (nSPS) is 14.2. The van der Waals surface area contributed by atoms with Crippen molar-refractivity contribution in [1.29, 1.82) is 0 Å². The summed E-state index contributed by atoms with van der Waals surface area (Å²) >= 11 is 5.50. The maximum absolute atomic E-state index is 12.3. The van der Waals surface area contributed by atoms with E-state index in [9.17, 15) is 14.9 Å². The molecule has 1 heterocycles. The van der Waals surface area contributed by atoms with Crippen molar-refractivity contribution in [3.8, 4) is 0 Å². The summed E-state index contributed by atoms with van der Waals surface area (Å²) in [6.45, 7) is 1.94. The van der Waals surface area contributed by atoms with Gasteiger partial charge in [-0.3, -0.25) is 14.9 Å². The van der Waals surface area contributed by atoms with Crippen molar-refractivity contribution < 1.29 is 14.5 Å². The second-order valence-electron chi connectivity index (χ2n) is 4.44. The summed E-state index contributed by atoms with van der Waals surface area (Å²) in [5.74, 6) is 0.243. The van der Waals surface area contributed by atoms with E-state index in [1.165, 1.54) is 12.1 Å². The number of nitro benzene ring substituents is 1. The second kappa shape index (κ2) is 6.67. The summed E-state index contributed by atoms with van der Waals surface area (Å²) < 4.78 is 5.25. The highest BCUT2D eigenvalue weighted by atomic mass is 35.5. The van der Waals surface area contributed by atoms with E-state index in [0.29, 0.717) is 44.2 Å². The minimum absolute atomic E-state index is 0.0580. The van der Waals surface area contributed by atoms with E-state index in [1.807, 2.05) is 0 Å². The number of non-ortho nitro benzene ring substituents is 1. The van der Waals surface area contributed by atoms with Gasteiger partial charge < -0.3 is 9.64 Å². The number of ether oxygens (including phenoxy) is 1. The lowest BCUT2D eigenvalue weighted by Crippen LogP contribution is -2.39. The molecular weight excluding hydrogens is 284 g/mol. The van der Waals surface area contributed by atoms with E-state index in [0.717, 1.165) is 5.56 Å². The van der Waals surface area contributed by atoms with E-state index in [2.05, 4.69) is 0 Å². The molecule has 0 aliphatic carbocycles. The van der Waals surface area contributed by atoms with Crippen LogP contribution in [-0.4, -0.2) is 47.9 Å². The Hall–Kier alpha value is -1.66. The first kappa shape index (κ1) is 14.7. The zero-order valence-corrected chi connectivity index (χ0v) is 11.6. The van der Waals surface area contributed by atoms with Gasteiger partial charge in [0.2, 0.25) is 0 Å². The second-order valence-corrected chi connectivity index (χ2v) is 4.82. The molecule has 0 spiro atoms. The number of halogens is 1. The van der Waals surface area contributed by atoms with Crippen LogP contribution in [0, 0.1) is 10.1 Å². The Balaban J connectivity index is 2.07. The number of carbonyl (C=O) groups excluding carboxylic acids is 1. The largest absolute Gasteiger partial charge is 0.378 e. The minimum Gasteiger partial charge on any atom is -0.378 e. The highest BCUT2D eigenvalue weighted by molar-refractivity contribution is 6.17. The van der Waals surface area contributed by atoms with Gasteiger partial charge in [-0.15, -0.1) is 11.6 Å². The van der Waals surface area contributed by atoms with Crippen LogP contribution < -0.4 is 0 Å². The van der Waals surface area contributed by atoms with Gasteiger partial charge in [-0.1, -0.05) is 6.07 Å². The van der Waals surface area contributed by atoms with Crippen LogP contribution >= 0.6 is 11.6 Å². The van der Waals surface area contributed by atoms with Crippen LogP contribution in [0.3, 0.4) is 0 Å². The van der Waals surface area contributed by atoms with Gasteiger partial charge in [-0.2, -0.15) is 0 Å². The molecule has 2 rings (SSSR count). The Morgan fingerprint density at radius 1 is 1.40 bits per heavy atom. The SMILES string of the molecule is O=C1c2cc([N+](=O)[O-])ccc2CCN1CCOCCCl. The van der Waals surface area contributed by atoms with E-state index >= 15 is 0 Å². The van der Waals surface area contributed by atoms with Gasteiger partial charge in [0.25, 0.3) is 11.6 Å². The molecule has 0 saturated carbocycles. The zero-order valence-electron chi connectivity index (χ0n) is 10.9. The Labute approximate surface area is 121 Å². The quantitative estimate of drug-likeness (QED) is 0.348. The van der Waals surface area contributed by atoms with E-state index in [1.54, 1.807) is 11.0 Å². The molecule has 0 N–H and O–H groups in total. The molecule has 0 unspecified atom stereocenters. The Morgan fingerprint density at radius 3 is 2.90 bits per heavy atom. The molecule has 1 aromatic carbocycles.